The number of aromatic nitrogens is 3. The van der Waals surface area contributed by atoms with Crippen LogP contribution >= 0.6 is 0 Å². The van der Waals surface area contributed by atoms with Crippen molar-refractivity contribution in [1.82, 2.24) is 15.1 Å². The van der Waals surface area contributed by atoms with Gasteiger partial charge in [0.25, 0.3) is 0 Å². The molecule has 226 valence electrons. The maximum Gasteiger partial charge on any atom is 0.416 e. The van der Waals surface area contributed by atoms with Crippen LogP contribution < -0.4 is 9.64 Å². The molecule has 0 unspecified atom stereocenters. The number of rotatable bonds is 8. The Morgan fingerprint density at radius 2 is 1.70 bits per heavy atom. The first-order valence-electron chi connectivity index (χ1n) is 15.4. The molecule has 0 aliphatic heterocycles. The first-order chi connectivity index (χ1) is 20.4. The van der Waals surface area contributed by atoms with Crippen molar-refractivity contribution in [3.63, 3.8) is 0 Å². The molecule has 9 heteroatoms. The number of anilines is 1. The van der Waals surface area contributed by atoms with Gasteiger partial charge in [-0.25, -0.2) is 16.4 Å². The minimum Gasteiger partial charge on any atom is -0.443 e. The molecule has 2 bridgehead atoms. The Hall–Kier alpha value is -3.93. The van der Waals surface area contributed by atoms with Crippen LogP contribution in [0, 0.1) is 12.0 Å². The largest absolute Gasteiger partial charge is 0.443 e. The second-order valence-electron chi connectivity index (χ2n) is 14.2. The average Bonchev–Trinajstić information content (AvgIpc) is 3.71. The molecule has 2 heterocycles. The van der Waals surface area contributed by atoms with Gasteiger partial charge in [0, 0.05) is 24.1 Å². The van der Waals surface area contributed by atoms with Crippen LogP contribution in [0.2, 0.25) is 0 Å². The normalized spacial score (nSPS) is 23.4. The minimum atomic E-state index is -0.929. The van der Waals surface area contributed by atoms with Gasteiger partial charge in [-0.2, -0.15) is 4.98 Å². The third-order valence-electron chi connectivity index (χ3n) is 9.19. The van der Waals surface area contributed by atoms with E-state index >= 15 is 0 Å². The van der Waals surface area contributed by atoms with Crippen LogP contribution in [0.5, 0.6) is 5.75 Å². The zero-order valence-corrected chi connectivity index (χ0v) is 25.9. The lowest BCUT2D eigenvalue weighted by molar-refractivity contribution is 0.0218. The van der Waals surface area contributed by atoms with E-state index in [1.807, 2.05) is 57.2 Å². The summed E-state index contributed by atoms with van der Waals surface area (Å²) in [5.41, 5.74) is 0.262. The summed E-state index contributed by atoms with van der Waals surface area (Å²) >= 11 is 0. The van der Waals surface area contributed by atoms with E-state index in [0.717, 1.165) is 74.2 Å². The molecule has 1 amide bonds. The molecular formula is C34H41N5O4. The number of hydrogen-bond acceptors (Lipinski definition) is 7. The second-order valence-corrected chi connectivity index (χ2v) is 14.2. The molecule has 4 fully saturated rings. The number of hydrogen-bond donors (Lipinski definition) is 0. The van der Waals surface area contributed by atoms with Crippen LogP contribution in [-0.2, 0) is 10.2 Å². The van der Waals surface area contributed by atoms with Crippen molar-refractivity contribution in [3.05, 3.63) is 65.7 Å². The Morgan fingerprint density at radius 1 is 1.02 bits per heavy atom. The Labute approximate surface area is 253 Å². The number of carbonyl (C=O) groups is 1. The molecule has 0 atom stereocenters. The quantitative estimate of drug-likeness (QED) is 0.247. The van der Waals surface area contributed by atoms with Crippen molar-refractivity contribution >= 4 is 11.9 Å². The summed E-state index contributed by atoms with van der Waals surface area (Å²) in [7, 11) is 0. The number of ether oxygens (including phenoxy) is 2. The number of amides is 1. The molecule has 1 aromatic carbocycles. The highest BCUT2D eigenvalue weighted by Gasteiger charge is 2.53. The molecule has 3 aromatic rings. The predicted molar refractivity (Wildman–Crippen MR) is 163 cm³/mol. The fourth-order valence-corrected chi connectivity index (χ4v) is 6.44. The SMILES string of the molecule is [C-]#[N+]C(C)(C)Oc1ccc(-c2ccnc(N(CC34CCC(c5nc(C6CC6)no5)(CC3)CC4)C(=O)OC(C)(C)C)c2)cc1. The van der Waals surface area contributed by atoms with Gasteiger partial charge in [-0.1, -0.05) is 17.3 Å². The van der Waals surface area contributed by atoms with Crippen molar-refractivity contribution in [2.24, 2.45) is 5.41 Å². The molecule has 0 spiro atoms. The zero-order valence-electron chi connectivity index (χ0n) is 25.9. The van der Waals surface area contributed by atoms with Gasteiger partial charge in [0.15, 0.2) is 5.82 Å². The fourth-order valence-electron chi connectivity index (χ4n) is 6.44. The van der Waals surface area contributed by atoms with E-state index in [-0.39, 0.29) is 16.9 Å². The standard InChI is InChI=1S/C34H41N5O4/c1-31(2,3)42-30(40)39(27-21-25(13-20-36-27)23-9-11-26(12-10-23)41-32(4,5)35-6)22-33-14-17-34(18-15-33,19-16-33)29-37-28(38-43-29)24-7-8-24/h9-13,20-21,24H,7-8,14-19,22H2,1-5H3. The summed E-state index contributed by atoms with van der Waals surface area (Å²) in [5, 5.41) is 4.30. The van der Waals surface area contributed by atoms with E-state index in [0.29, 0.717) is 24.0 Å². The molecule has 0 saturated heterocycles. The Bertz CT molecular complexity index is 1500. The topological polar surface area (TPSA) is 94.9 Å². The maximum absolute atomic E-state index is 13.7. The highest BCUT2D eigenvalue weighted by atomic mass is 16.6. The Morgan fingerprint density at radius 3 is 2.30 bits per heavy atom. The maximum atomic E-state index is 13.7. The number of pyridine rings is 1. The number of benzene rings is 1. The van der Waals surface area contributed by atoms with Crippen LogP contribution in [-0.4, -0.2) is 39.1 Å². The molecule has 2 aromatic heterocycles. The summed E-state index contributed by atoms with van der Waals surface area (Å²) in [4.78, 5) is 28.5. The lowest BCUT2D eigenvalue weighted by atomic mass is 9.53. The highest BCUT2D eigenvalue weighted by molar-refractivity contribution is 5.87. The van der Waals surface area contributed by atoms with E-state index in [1.54, 1.807) is 24.9 Å². The minimum absolute atomic E-state index is 0.0234. The Kier molecular flexibility index (Phi) is 7.22. The summed E-state index contributed by atoms with van der Waals surface area (Å²) in [6.07, 6.45) is 9.56. The van der Waals surface area contributed by atoms with E-state index in [1.165, 1.54) is 0 Å². The van der Waals surface area contributed by atoms with Gasteiger partial charge in [-0.05, 0) is 113 Å². The fraction of sp³-hybridized carbons (Fsp3) is 0.559. The molecule has 4 aliphatic carbocycles. The number of fused-ring (bicyclic) bond motifs is 3. The van der Waals surface area contributed by atoms with Gasteiger partial charge < -0.3 is 14.0 Å². The molecule has 0 N–H and O–H groups in total. The van der Waals surface area contributed by atoms with Crippen molar-refractivity contribution in [1.29, 1.82) is 0 Å². The van der Waals surface area contributed by atoms with E-state index in [2.05, 4.69) is 15.0 Å². The lowest BCUT2D eigenvalue weighted by Crippen LogP contribution is -2.51. The van der Waals surface area contributed by atoms with Gasteiger partial charge in [-0.3, -0.25) is 9.74 Å². The molecule has 4 aliphatic rings. The van der Waals surface area contributed by atoms with Crippen molar-refractivity contribution in [3.8, 4) is 16.9 Å². The first-order valence-corrected chi connectivity index (χ1v) is 15.4. The van der Waals surface area contributed by atoms with Gasteiger partial charge in [0.05, 0.1) is 13.8 Å². The molecule has 7 rings (SSSR count). The lowest BCUT2D eigenvalue weighted by Gasteiger charge is -2.52. The first kappa shape index (κ1) is 29.2. The molecule has 4 saturated carbocycles. The van der Waals surface area contributed by atoms with Gasteiger partial charge in [-0.15, -0.1) is 0 Å². The molecule has 9 nitrogen and oxygen atoms in total. The van der Waals surface area contributed by atoms with Crippen LogP contribution in [0.15, 0.2) is 47.1 Å². The molecular weight excluding hydrogens is 542 g/mol. The van der Waals surface area contributed by atoms with E-state index in [9.17, 15) is 4.79 Å². The van der Waals surface area contributed by atoms with Crippen molar-refractivity contribution in [2.75, 3.05) is 11.4 Å². The summed E-state index contributed by atoms with van der Waals surface area (Å²) in [6, 6.07) is 11.5. The average molecular weight is 584 g/mol. The van der Waals surface area contributed by atoms with E-state index in [4.69, 9.17) is 25.6 Å². The van der Waals surface area contributed by atoms with Crippen LogP contribution in [0.25, 0.3) is 16.0 Å². The monoisotopic (exact) mass is 583 g/mol. The van der Waals surface area contributed by atoms with E-state index < -0.39 is 11.3 Å². The summed E-state index contributed by atoms with van der Waals surface area (Å²) in [6.45, 7) is 17.0. The predicted octanol–water partition coefficient (Wildman–Crippen LogP) is 8.08. The van der Waals surface area contributed by atoms with Crippen molar-refractivity contribution < 1.29 is 18.8 Å². The van der Waals surface area contributed by atoms with Gasteiger partial charge in [0.1, 0.15) is 17.2 Å². The highest BCUT2D eigenvalue weighted by Crippen LogP contribution is 2.58. The number of nitrogens with zero attached hydrogens (tertiary/aromatic N) is 5. The second kappa shape index (κ2) is 10.7. The smallest absolute Gasteiger partial charge is 0.416 e. The van der Waals surface area contributed by atoms with Crippen LogP contribution in [0.1, 0.15) is 104 Å². The number of carbonyl (C=O) groups excluding carboxylic acids is 1. The third kappa shape index (κ3) is 6.24. The van der Waals surface area contributed by atoms with Crippen LogP contribution in [0.3, 0.4) is 0 Å². The molecule has 43 heavy (non-hydrogen) atoms. The third-order valence-corrected chi connectivity index (χ3v) is 9.19. The molecule has 0 radical (unpaired) electrons. The van der Waals surface area contributed by atoms with Gasteiger partial charge in [0.2, 0.25) is 5.89 Å². The zero-order chi connectivity index (χ0) is 30.5. The van der Waals surface area contributed by atoms with Crippen LogP contribution in [0.4, 0.5) is 10.6 Å². The summed E-state index contributed by atoms with van der Waals surface area (Å²) < 4.78 is 17.5. The van der Waals surface area contributed by atoms with Gasteiger partial charge >= 0.3 is 11.8 Å². The summed E-state index contributed by atoms with van der Waals surface area (Å²) in [5.74, 6) is 3.37. The Balaban J connectivity index is 1.22. The van der Waals surface area contributed by atoms with Crippen molar-refractivity contribution in [2.45, 2.75) is 109 Å².